The Morgan fingerprint density at radius 3 is 2.58 bits per heavy atom. The number of hydrogen-bond donors (Lipinski definition) is 4. The number of aliphatic hydroxyl groups is 1. The summed E-state index contributed by atoms with van der Waals surface area (Å²) in [6.07, 6.45) is -0.0738. The van der Waals surface area contributed by atoms with Gasteiger partial charge in [0.15, 0.2) is 0 Å². The Hall–Kier alpha value is -0.360. The number of rotatable bonds is 6. The number of hydrogen-bond acceptors (Lipinski definition) is 4. The van der Waals surface area contributed by atoms with Crippen molar-refractivity contribution in [1.29, 1.82) is 0 Å². The molecular formula is C6H13ClN2O3. The number of carbonyl (C=O) groups is 1. The van der Waals surface area contributed by atoms with Crippen LogP contribution in [0.25, 0.3) is 0 Å². The third kappa shape index (κ3) is 5.31. The second kappa shape index (κ2) is 6.19. The van der Waals surface area contributed by atoms with Gasteiger partial charge in [-0.05, 0) is 24.6 Å². The summed E-state index contributed by atoms with van der Waals surface area (Å²) in [5, 5.41) is 17.5. The van der Waals surface area contributed by atoms with Gasteiger partial charge in [0.05, 0.1) is 6.10 Å². The van der Waals surface area contributed by atoms with E-state index in [2.05, 4.69) is 4.84 Å². The molecular weight excluding hydrogens is 184 g/mol. The normalized spacial score (nSPS) is 15.6. The minimum Gasteiger partial charge on any atom is -0.480 e. The maximum atomic E-state index is 10.2. The van der Waals surface area contributed by atoms with Gasteiger partial charge in [-0.3, -0.25) is 4.79 Å². The highest BCUT2D eigenvalue weighted by Gasteiger charge is 2.13. The van der Waals surface area contributed by atoms with Crippen molar-refractivity contribution in [2.75, 3.05) is 6.54 Å². The lowest BCUT2D eigenvalue weighted by molar-refractivity contribution is -0.138. The predicted octanol–water partition coefficient (Wildman–Crippen LogP) is -0.717. The largest absolute Gasteiger partial charge is 0.480 e. The Labute approximate surface area is 75.6 Å². The van der Waals surface area contributed by atoms with Gasteiger partial charge in [0, 0.05) is 6.54 Å². The van der Waals surface area contributed by atoms with Gasteiger partial charge in [0.1, 0.15) is 6.04 Å². The van der Waals surface area contributed by atoms with E-state index >= 15 is 0 Å². The quantitative estimate of drug-likeness (QED) is 0.421. The highest BCUT2D eigenvalue weighted by atomic mass is 35.5. The molecule has 0 saturated heterocycles. The monoisotopic (exact) mass is 196 g/mol. The van der Waals surface area contributed by atoms with E-state index in [1.165, 1.54) is 0 Å². The van der Waals surface area contributed by atoms with E-state index < -0.39 is 18.1 Å². The Kier molecular flexibility index (Phi) is 6.00. The molecule has 0 aliphatic carbocycles. The van der Waals surface area contributed by atoms with Crippen LogP contribution in [-0.2, 0) is 4.79 Å². The first kappa shape index (κ1) is 11.6. The van der Waals surface area contributed by atoms with Crippen molar-refractivity contribution in [2.24, 2.45) is 5.73 Å². The van der Waals surface area contributed by atoms with Crippen molar-refractivity contribution in [3.63, 3.8) is 0 Å². The van der Waals surface area contributed by atoms with E-state index in [1.807, 2.05) is 0 Å². The summed E-state index contributed by atoms with van der Waals surface area (Å²) in [6, 6.07) is -0.907. The number of halogens is 1. The van der Waals surface area contributed by atoms with Gasteiger partial charge >= 0.3 is 5.97 Å². The van der Waals surface area contributed by atoms with Crippen molar-refractivity contribution in [3.8, 4) is 0 Å². The summed E-state index contributed by atoms with van der Waals surface area (Å²) in [6.45, 7) is 0.230. The molecule has 12 heavy (non-hydrogen) atoms. The molecule has 6 heteroatoms. The van der Waals surface area contributed by atoms with Crippen LogP contribution in [0.5, 0.6) is 0 Å². The molecule has 0 bridgehead atoms. The molecule has 0 radical (unpaired) electrons. The minimum absolute atomic E-state index is 0.230. The maximum absolute atomic E-state index is 10.2. The van der Waals surface area contributed by atoms with Crippen molar-refractivity contribution < 1.29 is 15.0 Å². The molecule has 2 unspecified atom stereocenters. The molecule has 0 aromatic rings. The lowest BCUT2D eigenvalue weighted by atomic mass is 10.1. The number of aliphatic carboxylic acids is 1. The molecule has 2 atom stereocenters. The fourth-order valence-corrected chi connectivity index (χ4v) is 0.865. The van der Waals surface area contributed by atoms with Gasteiger partial charge in [0.25, 0.3) is 0 Å². The summed E-state index contributed by atoms with van der Waals surface area (Å²) in [5.74, 6) is -1.05. The van der Waals surface area contributed by atoms with E-state index in [1.54, 1.807) is 0 Å². The molecule has 72 valence electrons. The first-order valence-electron chi connectivity index (χ1n) is 3.58. The fourth-order valence-electron chi connectivity index (χ4n) is 0.687. The average molecular weight is 197 g/mol. The van der Waals surface area contributed by atoms with Crippen LogP contribution in [0.4, 0.5) is 0 Å². The van der Waals surface area contributed by atoms with Gasteiger partial charge in [-0.2, -0.15) is 0 Å². The Morgan fingerprint density at radius 2 is 2.17 bits per heavy atom. The maximum Gasteiger partial charge on any atom is 0.320 e. The number of carboxylic acid groups (broad SMARTS) is 1. The zero-order valence-corrected chi connectivity index (χ0v) is 7.29. The van der Waals surface area contributed by atoms with E-state index in [4.69, 9.17) is 27.7 Å². The molecule has 0 aliphatic heterocycles. The lowest BCUT2D eigenvalue weighted by Gasteiger charge is -2.10. The summed E-state index contributed by atoms with van der Waals surface area (Å²) in [4.78, 5) is 12.5. The highest BCUT2D eigenvalue weighted by Crippen LogP contribution is 1.99. The van der Waals surface area contributed by atoms with Crippen molar-refractivity contribution >= 4 is 17.7 Å². The Morgan fingerprint density at radius 1 is 1.58 bits per heavy atom. The standard InChI is InChI=1S/C6H13ClN2O3/c7-9-3-4(10)1-2-5(8)6(11)12/h4-5,9-10H,1-3,8H2,(H,11,12). The summed E-state index contributed by atoms with van der Waals surface area (Å²) in [7, 11) is 0. The van der Waals surface area contributed by atoms with E-state index in [-0.39, 0.29) is 13.0 Å². The van der Waals surface area contributed by atoms with Crippen LogP contribution in [-0.4, -0.2) is 34.9 Å². The summed E-state index contributed by atoms with van der Waals surface area (Å²) in [5.41, 5.74) is 5.20. The van der Waals surface area contributed by atoms with Crippen LogP contribution in [0.3, 0.4) is 0 Å². The molecule has 0 saturated carbocycles. The molecule has 5 N–H and O–H groups in total. The summed E-state index contributed by atoms with van der Waals surface area (Å²) >= 11 is 5.12. The SMILES string of the molecule is NC(CCC(O)CNCl)C(=O)O. The fraction of sp³-hybridized carbons (Fsp3) is 0.833. The topological polar surface area (TPSA) is 95.6 Å². The van der Waals surface area contributed by atoms with Crippen LogP contribution in [0.1, 0.15) is 12.8 Å². The molecule has 0 fully saturated rings. The third-order valence-electron chi connectivity index (χ3n) is 1.44. The number of carboxylic acids is 1. The van der Waals surface area contributed by atoms with Crippen molar-refractivity contribution in [3.05, 3.63) is 0 Å². The van der Waals surface area contributed by atoms with Gasteiger partial charge in [-0.25, -0.2) is 4.84 Å². The molecule has 0 spiro atoms. The second-order valence-electron chi connectivity index (χ2n) is 2.51. The molecule has 0 heterocycles. The average Bonchev–Trinajstić information content (AvgIpc) is 2.00. The van der Waals surface area contributed by atoms with E-state index in [0.29, 0.717) is 6.42 Å². The van der Waals surface area contributed by atoms with Crippen molar-refractivity contribution in [2.45, 2.75) is 25.0 Å². The summed E-state index contributed by atoms with van der Waals surface area (Å²) < 4.78 is 0. The number of nitrogens with two attached hydrogens (primary N) is 1. The molecule has 5 nitrogen and oxygen atoms in total. The first-order chi connectivity index (χ1) is 5.57. The number of aliphatic hydroxyl groups excluding tert-OH is 1. The molecule has 0 aromatic heterocycles. The smallest absolute Gasteiger partial charge is 0.320 e. The Balaban J connectivity index is 3.46. The highest BCUT2D eigenvalue weighted by molar-refractivity contribution is 6.13. The molecule has 0 amide bonds. The van der Waals surface area contributed by atoms with Crippen LogP contribution in [0, 0.1) is 0 Å². The second-order valence-corrected chi connectivity index (χ2v) is 2.78. The van der Waals surface area contributed by atoms with Gasteiger partial charge in [-0.1, -0.05) is 0 Å². The van der Waals surface area contributed by atoms with Gasteiger partial charge in [0.2, 0.25) is 0 Å². The van der Waals surface area contributed by atoms with Crippen LogP contribution in [0.15, 0.2) is 0 Å². The van der Waals surface area contributed by atoms with E-state index in [0.717, 1.165) is 0 Å². The molecule has 0 aliphatic rings. The first-order valence-corrected chi connectivity index (χ1v) is 3.95. The molecule has 0 rings (SSSR count). The zero-order chi connectivity index (χ0) is 9.56. The van der Waals surface area contributed by atoms with E-state index in [9.17, 15) is 4.79 Å². The zero-order valence-electron chi connectivity index (χ0n) is 6.53. The van der Waals surface area contributed by atoms with Crippen LogP contribution >= 0.6 is 11.8 Å². The molecule has 0 aromatic carbocycles. The lowest BCUT2D eigenvalue weighted by Crippen LogP contribution is -2.32. The van der Waals surface area contributed by atoms with Gasteiger partial charge in [-0.15, -0.1) is 0 Å². The number of nitrogens with one attached hydrogen (secondary N) is 1. The van der Waals surface area contributed by atoms with Gasteiger partial charge < -0.3 is 15.9 Å². The van der Waals surface area contributed by atoms with Crippen molar-refractivity contribution in [1.82, 2.24) is 4.84 Å². The van der Waals surface area contributed by atoms with Crippen LogP contribution < -0.4 is 10.6 Å². The van der Waals surface area contributed by atoms with Crippen LogP contribution in [0.2, 0.25) is 0 Å². The minimum atomic E-state index is -1.05. The third-order valence-corrected chi connectivity index (χ3v) is 1.60. The predicted molar refractivity (Wildman–Crippen MR) is 44.7 cm³/mol. The Bertz CT molecular complexity index is 145.